The van der Waals surface area contributed by atoms with E-state index in [1.54, 1.807) is 0 Å². The average molecular weight is 377 g/mol. The molecule has 28 heavy (non-hydrogen) atoms. The summed E-state index contributed by atoms with van der Waals surface area (Å²) in [5.41, 5.74) is 4.22. The maximum atomic E-state index is 12.3. The van der Waals surface area contributed by atoms with Gasteiger partial charge < -0.3 is 5.32 Å². The zero-order valence-corrected chi connectivity index (χ0v) is 16.4. The Bertz CT molecular complexity index is 931. The van der Waals surface area contributed by atoms with Crippen molar-refractivity contribution < 1.29 is 4.79 Å². The third-order valence-electron chi connectivity index (χ3n) is 5.54. The molecule has 0 unspecified atom stereocenters. The molecule has 0 bridgehead atoms. The lowest BCUT2D eigenvalue weighted by Gasteiger charge is -2.30. The first kappa shape index (κ1) is 18.7. The molecule has 4 rings (SSSR count). The van der Waals surface area contributed by atoms with Gasteiger partial charge in [0.1, 0.15) is 0 Å². The summed E-state index contributed by atoms with van der Waals surface area (Å²) in [5.74, 6) is 0.802. The number of nitrogens with zero attached hydrogens (tertiary/aromatic N) is 2. The van der Waals surface area contributed by atoms with Crippen LogP contribution in [0.3, 0.4) is 0 Å². The van der Waals surface area contributed by atoms with E-state index in [1.165, 1.54) is 31.5 Å². The van der Waals surface area contributed by atoms with E-state index in [-0.39, 0.29) is 5.91 Å². The highest BCUT2D eigenvalue weighted by atomic mass is 16.1. The van der Waals surface area contributed by atoms with Gasteiger partial charge >= 0.3 is 0 Å². The highest BCUT2D eigenvalue weighted by Crippen LogP contribution is 2.18. The van der Waals surface area contributed by atoms with Crippen LogP contribution in [-0.4, -0.2) is 34.1 Å². The number of hydrogen-bond donors (Lipinski definition) is 2. The molecule has 2 heterocycles. The summed E-state index contributed by atoms with van der Waals surface area (Å²) in [7, 11) is 0. The van der Waals surface area contributed by atoms with Crippen LogP contribution in [0.25, 0.3) is 10.9 Å². The zero-order valence-electron chi connectivity index (χ0n) is 16.4. The molecule has 1 saturated heterocycles. The molecule has 2 N–H and O–H groups in total. The van der Waals surface area contributed by atoms with Crippen LogP contribution < -0.4 is 5.32 Å². The molecular weight excluding hydrogens is 348 g/mol. The number of piperidine rings is 1. The van der Waals surface area contributed by atoms with E-state index in [0.717, 1.165) is 34.6 Å². The van der Waals surface area contributed by atoms with E-state index < -0.39 is 0 Å². The number of likely N-dealkylation sites (tertiary alicyclic amines) is 1. The number of rotatable bonds is 6. The zero-order chi connectivity index (χ0) is 19.3. The van der Waals surface area contributed by atoms with Gasteiger partial charge in [0.25, 0.3) is 0 Å². The molecule has 3 aromatic rings. The number of fused-ring (bicyclic) bond motifs is 1. The molecule has 1 atom stereocenters. The highest BCUT2D eigenvalue weighted by Gasteiger charge is 2.16. The Hall–Kier alpha value is -2.66. The number of amides is 1. The first-order chi connectivity index (χ1) is 13.7. The Balaban J connectivity index is 1.28. The summed E-state index contributed by atoms with van der Waals surface area (Å²) in [6.07, 6.45) is 2.96. The van der Waals surface area contributed by atoms with Crippen molar-refractivity contribution in [3.8, 4) is 0 Å². The molecule has 1 fully saturated rings. The third-order valence-corrected chi connectivity index (χ3v) is 5.54. The quantitative estimate of drug-likeness (QED) is 0.690. The number of benzene rings is 2. The van der Waals surface area contributed by atoms with Crippen LogP contribution in [0.1, 0.15) is 36.6 Å². The van der Waals surface area contributed by atoms with Gasteiger partial charge in [-0.1, -0.05) is 49.4 Å². The van der Waals surface area contributed by atoms with Crippen LogP contribution in [0.4, 0.5) is 0 Å². The molecular formula is C23H28N4O. The van der Waals surface area contributed by atoms with E-state index in [9.17, 15) is 4.79 Å². The number of aromatic nitrogens is 2. The molecule has 0 saturated carbocycles. The molecule has 146 valence electrons. The smallest absolute Gasteiger partial charge is 0.226 e. The molecule has 0 aliphatic carbocycles. The summed E-state index contributed by atoms with van der Waals surface area (Å²) in [4.78, 5) is 14.9. The second-order valence-corrected chi connectivity index (χ2v) is 7.97. The van der Waals surface area contributed by atoms with Gasteiger partial charge in [0.05, 0.1) is 17.6 Å². The Morgan fingerprint density at radius 3 is 2.79 bits per heavy atom. The van der Waals surface area contributed by atoms with Crippen LogP contribution in [0.15, 0.2) is 48.5 Å². The summed E-state index contributed by atoms with van der Waals surface area (Å²) < 4.78 is 0. The monoisotopic (exact) mass is 376 g/mol. The van der Waals surface area contributed by atoms with Gasteiger partial charge in [-0.05, 0) is 42.5 Å². The maximum Gasteiger partial charge on any atom is 0.226 e. The average Bonchev–Trinajstić information content (AvgIpc) is 3.10. The van der Waals surface area contributed by atoms with E-state index in [4.69, 9.17) is 0 Å². The molecule has 1 aliphatic rings. The number of H-pyrrole nitrogens is 1. The van der Waals surface area contributed by atoms with Crippen LogP contribution in [0.2, 0.25) is 0 Å². The number of aromatic amines is 1. The number of carbonyl (C=O) groups is 1. The van der Waals surface area contributed by atoms with E-state index in [1.807, 2.05) is 24.3 Å². The Morgan fingerprint density at radius 1 is 1.18 bits per heavy atom. The largest absolute Gasteiger partial charge is 0.352 e. The predicted molar refractivity (Wildman–Crippen MR) is 112 cm³/mol. The molecule has 5 heteroatoms. The Morgan fingerprint density at radius 2 is 1.96 bits per heavy atom. The summed E-state index contributed by atoms with van der Waals surface area (Å²) in [6, 6.07) is 16.5. The van der Waals surface area contributed by atoms with Crippen molar-refractivity contribution in [1.29, 1.82) is 0 Å². The lowest BCUT2D eigenvalue weighted by atomic mass is 9.99. The number of nitrogens with one attached hydrogen (secondary N) is 2. The van der Waals surface area contributed by atoms with Crippen LogP contribution >= 0.6 is 0 Å². The predicted octanol–water partition coefficient (Wildman–Crippen LogP) is 3.65. The van der Waals surface area contributed by atoms with Crippen molar-refractivity contribution in [2.45, 2.75) is 39.3 Å². The normalized spacial score (nSPS) is 17.7. The fraction of sp³-hybridized carbons (Fsp3) is 0.391. The highest BCUT2D eigenvalue weighted by molar-refractivity contribution is 5.87. The number of para-hydroxylation sites is 1. The second kappa shape index (κ2) is 8.57. The molecule has 0 spiro atoms. The van der Waals surface area contributed by atoms with Crippen molar-refractivity contribution in [3.63, 3.8) is 0 Å². The molecule has 5 nitrogen and oxygen atoms in total. The van der Waals surface area contributed by atoms with Crippen molar-refractivity contribution in [3.05, 3.63) is 65.4 Å². The first-order valence-corrected chi connectivity index (χ1v) is 10.2. The minimum absolute atomic E-state index is 0.000726. The third kappa shape index (κ3) is 4.60. The van der Waals surface area contributed by atoms with E-state index in [0.29, 0.717) is 13.0 Å². The lowest BCUT2D eigenvalue weighted by Crippen LogP contribution is -2.33. The Kier molecular flexibility index (Phi) is 5.72. The molecule has 1 aromatic heterocycles. The van der Waals surface area contributed by atoms with Gasteiger partial charge in [-0.2, -0.15) is 5.10 Å². The standard InChI is InChI=1S/C23H28N4O/c1-17-5-4-12-27(15-17)16-19-10-8-18(9-11-19)14-24-23(28)13-22-20-6-2-3-7-21(20)25-26-22/h2-3,6-11,17H,4-5,12-16H2,1H3,(H,24,28)(H,25,26)/t17-/m1/s1. The summed E-state index contributed by atoms with van der Waals surface area (Å²) in [5, 5.41) is 11.2. The first-order valence-electron chi connectivity index (χ1n) is 10.2. The molecule has 0 radical (unpaired) electrons. The fourth-order valence-corrected chi connectivity index (χ4v) is 4.02. The molecule has 1 amide bonds. The van der Waals surface area contributed by atoms with Gasteiger partial charge in [0, 0.05) is 25.0 Å². The van der Waals surface area contributed by atoms with Crippen molar-refractivity contribution >= 4 is 16.8 Å². The van der Waals surface area contributed by atoms with Crippen LogP contribution in [0.5, 0.6) is 0 Å². The van der Waals surface area contributed by atoms with E-state index in [2.05, 4.69) is 51.6 Å². The Labute approximate surface area is 166 Å². The van der Waals surface area contributed by atoms with Crippen molar-refractivity contribution in [2.75, 3.05) is 13.1 Å². The molecule has 1 aliphatic heterocycles. The van der Waals surface area contributed by atoms with Gasteiger partial charge in [-0.15, -0.1) is 0 Å². The van der Waals surface area contributed by atoms with Crippen molar-refractivity contribution in [2.24, 2.45) is 5.92 Å². The summed E-state index contributed by atoms with van der Waals surface area (Å²) >= 11 is 0. The van der Waals surface area contributed by atoms with Gasteiger partial charge in [-0.25, -0.2) is 0 Å². The fourth-order valence-electron chi connectivity index (χ4n) is 4.02. The van der Waals surface area contributed by atoms with E-state index >= 15 is 0 Å². The molecule has 2 aromatic carbocycles. The van der Waals surface area contributed by atoms with Gasteiger partial charge in [0.2, 0.25) is 5.91 Å². The van der Waals surface area contributed by atoms with Crippen LogP contribution in [0, 0.1) is 5.92 Å². The van der Waals surface area contributed by atoms with Crippen molar-refractivity contribution in [1.82, 2.24) is 20.4 Å². The SMILES string of the molecule is C[C@@H]1CCCN(Cc2ccc(CNC(=O)Cc3[nH]nc4ccccc34)cc2)C1. The van der Waals surface area contributed by atoms with Gasteiger partial charge in [-0.3, -0.25) is 14.8 Å². The second-order valence-electron chi connectivity index (χ2n) is 7.97. The maximum absolute atomic E-state index is 12.3. The number of carbonyl (C=O) groups excluding carboxylic acids is 1. The minimum Gasteiger partial charge on any atom is -0.352 e. The van der Waals surface area contributed by atoms with Gasteiger partial charge in [0.15, 0.2) is 0 Å². The number of hydrogen-bond acceptors (Lipinski definition) is 3. The lowest BCUT2D eigenvalue weighted by molar-refractivity contribution is -0.120. The van der Waals surface area contributed by atoms with Crippen LogP contribution in [-0.2, 0) is 24.3 Å². The summed E-state index contributed by atoms with van der Waals surface area (Å²) in [6.45, 7) is 6.30. The minimum atomic E-state index is 0.000726. The topological polar surface area (TPSA) is 61.0 Å².